The molecule has 1 saturated carbocycles. The molecule has 1 fully saturated rings. The van der Waals surface area contributed by atoms with Gasteiger partial charge in [-0.25, -0.2) is 0 Å². The van der Waals surface area contributed by atoms with Gasteiger partial charge < -0.3 is 18.5 Å². The number of nitriles is 1. The van der Waals surface area contributed by atoms with Crippen molar-refractivity contribution in [3.8, 4) is 28.7 Å². The van der Waals surface area contributed by atoms with Crippen LogP contribution in [0.5, 0.6) is 11.5 Å². The summed E-state index contributed by atoms with van der Waals surface area (Å²) in [5, 5.41) is 11.3. The van der Waals surface area contributed by atoms with Gasteiger partial charge in [0, 0.05) is 22.5 Å². The number of rotatable bonds is 8. The summed E-state index contributed by atoms with van der Waals surface area (Å²) in [5.41, 5.74) is 3.69. The molecule has 1 aliphatic rings. The molecule has 8 nitrogen and oxygen atoms in total. The van der Waals surface area contributed by atoms with E-state index in [4.69, 9.17) is 4.74 Å². The van der Waals surface area contributed by atoms with Gasteiger partial charge in [0.25, 0.3) is 0 Å². The molecule has 0 spiro atoms. The van der Waals surface area contributed by atoms with Gasteiger partial charge in [-0.3, -0.25) is 4.79 Å². The minimum absolute atomic E-state index is 0.138. The SMILES string of the molecule is CCCCOc1cc2c(=O)c3c4ccc(C#N)cc4[nH]c3n(C3CCCCC3)c2cc1-c1cccc(OS(=O)(=O)F)c1. The van der Waals surface area contributed by atoms with Gasteiger partial charge in [-0.15, -0.1) is 0 Å². The van der Waals surface area contributed by atoms with Gasteiger partial charge in [-0.2, -0.15) is 13.7 Å². The molecule has 1 aliphatic carbocycles. The molecule has 6 rings (SSSR count). The van der Waals surface area contributed by atoms with E-state index in [0.717, 1.165) is 55.8 Å². The van der Waals surface area contributed by atoms with Gasteiger partial charge in [0.1, 0.15) is 17.1 Å². The molecule has 2 heterocycles. The summed E-state index contributed by atoms with van der Waals surface area (Å²) in [6.45, 7) is 2.48. The molecule has 216 valence electrons. The predicted molar refractivity (Wildman–Crippen MR) is 161 cm³/mol. The number of halogens is 1. The fourth-order valence-electron chi connectivity index (χ4n) is 6.09. The normalized spacial score (nSPS) is 14.4. The first-order valence-electron chi connectivity index (χ1n) is 14.2. The maximum absolute atomic E-state index is 14.2. The van der Waals surface area contributed by atoms with Crippen LogP contribution in [0.1, 0.15) is 63.5 Å². The van der Waals surface area contributed by atoms with Crippen molar-refractivity contribution in [3.63, 3.8) is 0 Å². The number of fused-ring (bicyclic) bond motifs is 4. The average molecular weight is 588 g/mol. The Balaban J connectivity index is 1.68. The van der Waals surface area contributed by atoms with Gasteiger partial charge >= 0.3 is 10.5 Å². The zero-order valence-corrected chi connectivity index (χ0v) is 24.0. The number of H-pyrrole nitrogens is 1. The Morgan fingerprint density at radius 2 is 1.88 bits per heavy atom. The number of nitrogens with zero attached hydrogens (tertiary/aromatic N) is 2. The van der Waals surface area contributed by atoms with Gasteiger partial charge in [-0.1, -0.05) is 54.7 Å². The number of ether oxygens (including phenoxy) is 1. The summed E-state index contributed by atoms with van der Waals surface area (Å²) in [7, 11) is -5.21. The van der Waals surface area contributed by atoms with Crippen LogP contribution < -0.4 is 14.3 Å². The number of hydrogen-bond donors (Lipinski definition) is 1. The van der Waals surface area contributed by atoms with Crippen LogP contribution in [-0.2, 0) is 10.5 Å². The highest BCUT2D eigenvalue weighted by atomic mass is 32.3. The Labute approximate surface area is 242 Å². The van der Waals surface area contributed by atoms with Gasteiger partial charge in [0.05, 0.1) is 34.5 Å². The van der Waals surface area contributed by atoms with Crippen molar-refractivity contribution < 1.29 is 21.2 Å². The van der Waals surface area contributed by atoms with E-state index in [1.54, 1.807) is 30.3 Å². The number of hydrogen-bond acceptors (Lipinski definition) is 6. The molecule has 2 aromatic heterocycles. The van der Waals surface area contributed by atoms with Crippen molar-refractivity contribution in [2.75, 3.05) is 6.61 Å². The second kappa shape index (κ2) is 11.1. The van der Waals surface area contributed by atoms with Gasteiger partial charge in [0.15, 0.2) is 5.43 Å². The molecule has 0 radical (unpaired) electrons. The first-order valence-corrected chi connectivity index (χ1v) is 15.5. The zero-order valence-electron chi connectivity index (χ0n) is 23.2. The zero-order chi connectivity index (χ0) is 29.4. The Morgan fingerprint density at radius 3 is 2.62 bits per heavy atom. The lowest BCUT2D eigenvalue weighted by molar-refractivity contribution is 0.311. The van der Waals surface area contributed by atoms with E-state index in [1.165, 1.54) is 12.1 Å². The summed E-state index contributed by atoms with van der Waals surface area (Å²) < 4.78 is 48.7. The van der Waals surface area contributed by atoms with Crippen molar-refractivity contribution in [1.29, 1.82) is 5.26 Å². The number of benzene rings is 3. The van der Waals surface area contributed by atoms with Crippen molar-refractivity contribution in [1.82, 2.24) is 9.55 Å². The molecule has 0 aliphatic heterocycles. The quantitative estimate of drug-likeness (QED) is 0.149. The maximum Gasteiger partial charge on any atom is 0.488 e. The van der Waals surface area contributed by atoms with Crippen LogP contribution >= 0.6 is 0 Å². The third-order valence-corrected chi connectivity index (χ3v) is 8.41. The third kappa shape index (κ3) is 5.21. The maximum atomic E-state index is 14.2. The van der Waals surface area contributed by atoms with E-state index in [9.17, 15) is 22.4 Å². The number of nitrogens with one attached hydrogen (secondary N) is 1. The van der Waals surface area contributed by atoms with Crippen LogP contribution in [-0.4, -0.2) is 24.6 Å². The average Bonchev–Trinajstić information content (AvgIpc) is 3.35. The number of pyridine rings is 1. The van der Waals surface area contributed by atoms with Crippen LogP contribution in [0.3, 0.4) is 0 Å². The van der Waals surface area contributed by atoms with Crippen LogP contribution in [0.15, 0.2) is 59.4 Å². The Bertz CT molecular complexity index is 2040. The predicted octanol–water partition coefficient (Wildman–Crippen LogP) is 7.45. The first-order chi connectivity index (χ1) is 20.3. The lowest BCUT2D eigenvalue weighted by atomic mass is 9.93. The van der Waals surface area contributed by atoms with Crippen molar-refractivity contribution >= 4 is 43.3 Å². The second-order valence-electron chi connectivity index (χ2n) is 10.8. The van der Waals surface area contributed by atoms with E-state index >= 15 is 0 Å². The summed E-state index contributed by atoms with van der Waals surface area (Å²) in [6, 6.07) is 17.4. The summed E-state index contributed by atoms with van der Waals surface area (Å²) >= 11 is 0. The fourth-order valence-corrected chi connectivity index (χ4v) is 6.42. The van der Waals surface area contributed by atoms with E-state index < -0.39 is 10.5 Å². The fraction of sp³-hybridized carbons (Fsp3) is 0.312. The topological polar surface area (TPSA) is 114 Å². The molecule has 10 heteroatoms. The monoisotopic (exact) mass is 587 g/mol. The molecule has 0 amide bonds. The largest absolute Gasteiger partial charge is 0.493 e. The molecular formula is C32H30FN3O5S. The summed E-state index contributed by atoms with van der Waals surface area (Å²) in [5.74, 6) is 0.299. The lowest BCUT2D eigenvalue weighted by Gasteiger charge is -2.28. The highest BCUT2D eigenvalue weighted by Gasteiger charge is 2.25. The van der Waals surface area contributed by atoms with Gasteiger partial charge in [0.2, 0.25) is 0 Å². The molecule has 0 bridgehead atoms. The molecule has 0 saturated heterocycles. The first kappa shape index (κ1) is 27.8. The van der Waals surface area contributed by atoms with Crippen LogP contribution in [0.25, 0.3) is 44.0 Å². The molecule has 0 atom stereocenters. The van der Waals surface area contributed by atoms with E-state index in [2.05, 4.69) is 26.7 Å². The van der Waals surface area contributed by atoms with E-state index in [1.807, 2.05) is 12.1 Å². The van der Waals surface area contributed by atoms with Crippen LogP contribution in [0, 0.1) is 11.3 Å². The van der Waals surface area contributed by atoms with Crippen molar-refractivity contribution in [2.24, 2.45) is 0 Å². The van der Waals surface area contributed by atoms with Crippen LogP contribution in [0.4, 0.5) is 3.89 Å². The minimum Gasteiger partial charge on any atom is -0.493 e. The van der Waals surface area contributed by atoms with Crippen molar-refractivity contribution in [3.05, 3.63) is 70.4 Å². The smallest absolute Gasteiger partial charge is 0.488 e. The molecule has 42 heavy (non-hydrogen) atoms. The molecule has 1 N–H and O–H groups in total. The number of aromatic nitrogens is 2. The number of unbranched alkanes of at least 4 members (excludes halogenated alkanes) is 1. The lowest BCUT2D eigenvalue weighted by Crippen LogP contribution is -2.18. The van der Waals surface area contributed by atoms with E-state index in [-0.39, 0.29) is 17.2 Å². The van der Waals surface area contributed by atoms with Crippen molar-refractivity contribution in [2.45, 2.75) is 57.9 Å². The molecular weight excluding hydrogens is 557 g/mol. The summed E-state index contributed by atoms with van der Waals surface area (Å²) in [6.07, 6.45) is 6.91. The number of aromatic amines is 1. The highest BCUT2D eigenvalue weighted by Crippen LogP contribution is 2.40. The van der Waals surface area contributed by atoms with E-state index in [0.29, 0.717) is 51.0 Å². The Hall–Kier alpha value is -4.36. The molecule has 0 unspecified atom stereocenters. The molecule has 5 aromatic rings. The second-order valence-corrected chi connectivity index (χ2v) is 11.7. The van der Waals surface area contributed by atoms with Gasteiger partial charge in [-0.05, 0) is 61.2 Å². The third-order valence-electron chi connectivity index (χ3n) is 8.01. The summed E-state index contributed by atoms with van der Waals surface area (Å²) in [4.78, 5) is 17.7. The minimum atomic E-state index is -5.21. The highest BCUT2D eigenvalue weighted by molar-refractivity contribution is 7.81. The Morgan fingerprint density at radius 1 is 1.07 bits per heavy atom. The van der Waals surface area contributed by atoms with Crippen LogP contribution in [0.2, 0.25) is 0 Å². The standard InChI is InChI=1S/C32H30FN3O5S/c1-2-3-14-40-29-18-26-28(17-25(29)21-8-7-11-23(16-21)41-42(33,38)39)36(22-9-5-4-6-10-22)32-30(31(26)37)24-13-12-20(19-34)15-27(24)35-32/h7-8,11-13,15-18,22,35H,2-6,9-10,14H2,1H3. The Kier molecular flexibility index (Phi) is 7.37. The molecule has 3 aromatic carbocycles.